The topological polar surface area (TPSA) is 9.23 Å². The van der Waals surface area contributed by atoms with E-state index in [9.17, 15) is 0 Å². The Morgan fingerprint density at radius 3 is 2.58 bits per heavy atom. The molecule has 19 heavy (non-hydrogen) atoms. The molecule has 0 radical (unpaired) electrons. The number of allylic oxidation sites excluding steroid dienone is 1. The minimum absolute atomic E-state index is 0.638. The van der Waals surface area contributed by atoms with Crippen LogP contribution in [0, 0.1) is 0 Å². The zero-order valence-corrected chi connectivity index (χ0v) is 12.2. The van der Waals surface area contributed by atoms with E-state index >= 15 is 0 Å². The number of benzene rings is 2. The number of halogens is 1. The first-order chi connectivity index (χ1) is 9.40. The van der Waals surface area contributed by atoms with Crippen molar-refractivity contribution in [2.75, 3.05) is 5.33 Å². The lowest BCUT2D eigenvalue weighted by Gasteiger charge is -2.09. The van der Waals surface area contributed by atoms with Gasteiger partial charge >= 0.3 is 0 Å². The highest BCUT2D eigenvalue weighted by molar-refractivity contribution is 9.09. The van der Waals surface area contributed by atoms with Gasteiger partial charge < -0.3 is 4.74 Å². The molecule has 1 aliphatic heterocycles. The van der Waals surface area contributed by atoms with Crippen LogP contribution < -0.4 is 4.74 Å². The average molecular weight is 315 g/mol. The minimum atomic E-state index is 0.638. The number of ether oxygens (including phenoxy) is 1. The van der Waals surface area contributed by atoms with Crippen LogP contribution in [0.3, 0.4) is 0 Å². The third kappa shape index (κ3) is 2.45. The van der Waals surface area contributed by atoms with Crippen molar-refractivity contribution >= 4 is 21.5 Å². The number of hydrogen-bond acceptors (Lipinski definition) is 1. The highest BCUT2D eigenvalue weighted by Crippen LogP contribution is 2.36. The molecule has 0 amide bonds. The Labute approximate surface area is 122 Å². The molecular weight excluding hydrogens is 300 g/mol. The second-order valence-electron chi connectivity index (χ2n) is 4.54. The molecule has 2 aromatic carbocycles. The second-order valence-corrected chi connectivity index (χ2v) is 5.33. The predicted octanol–water partition coefficient (Wildman–Crippen LogP) is 4.80. The third-order valence-electron chi connectivity index (χ3n) is 3.33. The molecule has 0 unspecified atom stereocenters. The summed E-state index contributed by atoms with van der Waals surface area (Å²) in [6.45, 7) is 0.638. The molecule has 0 fully saturated rings. The van der Waals surface area contributed by atoms with Crippen molar-refractivity contribution < 1.29 is 4.74 Å². The van der Waals surface area contributed by atoms with Crippen molar-refractivity contribution in [1.82, 2.24) is 0 Å². The van der Waals surface area contributed by atoms with Crippen molar-refractivity contribution in [3.8, 4) is 5.75 Å². The molecule has 0 spiro atoms. The molecule has 1 heterocycles. The Morgan fingerprint density at radius 2 is 1.74 bits per heavy atom. The molecule has 1 aliphatic rings. The van der Waals surface area contributed by atoms with E-state index < -0.39 is 0 Å². The maximum atomic E-state index is 5.93. The van der Waals surface area contributed by atoms with Gasteiger partial charge in [-0.1, -0.05) is 64.5 Å². The fourth-order valence-electron chi connectivity index (χ4n) is 2.44. The quantitative estimate of drug-likeness (QED) is 0.724. The van der Waals surface area contributed by atoms with Crippen molar-refractivity contribution in [1.29, 1.82) is 0 Å². The van der Waals surface area contributed by atoms with Crippen LogP contribution in [-0.2, 0) is 6.61 Å². The fourth-order valence-corrected chi connectivity index (χ4v) is 2.67. The van der Waals surface area contributed by atoms with E-state index in [0.717, 1.165) is 17.5 Å². The molecule has 0 bridgehead atoms. The SMILES string of the molecule is BrCC/C=C1/c2ccccc2COc2ccccc21. The van der Waals surface area contributed by atoms with Crippen LogP contribution in [0.2, 0.25) is 0 Å². The van der Waals surface area contributed by atoms with Crippen molar-refractivity contribution in [3.63, 3.8) is 0 Å². The molecule has 96 valence electrons. The first-order valence-electron chi connectivity index (χ1n) is 6.47. The van der Waals surface area contributed by atoms with E-state index in [1.807, 2.05) is 12.1 Å². The Bertz CT molecular complexity index is 567. The smallest absolute Gasteiger partial charge is 0.127 e. The van der Waals surface area contributed by atoms with E-state index in [1.54, 1.807) is 0 Å². The van der Waals surface area contributed by atoms with Crippen LogP contribution in [0.5, 0.6) is 5.75 Å². The van der Waals surface area contributed by atoms with Crippen LogP contribution in [0.4, 0.5) is 0 Å². The van der Waals surface area contributed by atoms with Gasteiger partial charge in [0.05, 0.1) is 0 Å². The summed E-state index contributed by atoms with van der Waals surface area (Å²) >= 11 is 3.50. The Balaban J connectivity index is 2.19. The van der Waals surface area contributed by atoms with Gasteiger partial charge in [-0.05, 0) is 29.2 Å². The van der Waals surface area contributed by atoms with Crippen LogP contribution in [-0.4, -0.2) is 5.33 Å². The summed E-state index contributed by atoms with van der Waals surface area (Å²) in [7, 11) is 0. The fraction of sp³-hybridized carbons (Fsp3) is 0.176. The molecule has 0 saturated carbocycles. The number of hydrogen-bond donors (Lipinski definition) is 0. The first kappa shape index (κ1) is 12.5. The molecular formula is C17H15BrO. The number of fused-ring (bicyclic) bond motifs is 2. The number of alkyl halides is 1. The van der Waals surface area contributed by atoms with E-state index in [4.69, 9.17) is 4.74 Å². The van der Waals surface area contributed by atoms with Gasteiger partial charge in [-0.3, -0.25) is 0 Å². The summed E-state index contributed by atoms with van der Waals surface area (Å²) in [5.41, 5.74) is 5.00. The van der Waals surface area contributed by atoms with E-state index in [2.05, 4.69) is 58.4 Å². The number of para-hydroxylation sites is 1. The first-order valence-corrected chi connectivity index (χ1v) is 7.59. The molecule has 2 heteroatoms. The van der Waals surface area contributed by atoms with Crippen molar-refractivity contribution in [3.05, 3.63) is 71.3 Å². The predicted molar refractivity (Wildman–Crippen MR) is 82.7 cm³/mol. The van der Waals surface area contributed by atoms with Gasteiger partial charge in [0.15, 0.2) is 0 Å². The van der Waals surface area contributed by atoms with Gasteiger partial charge in [0, 0.05) is 10.9 Å². The number of rotatable bonds is 2. The zero-order chi connectivity index (χ0) is 13.1. The van der Waals surface area contributed by atoms with Gasteiger partial charge in [-0.25, -0.2) is 0 Å². The molecule has 3 rings (SSSR count). The van der Waals surface area contributed by atoms with Crippen molar-refractivity contribution in [2.24, 2.45) is 0 Å². The summed E-state index contributed by atoms with van der Waals surface area (Å²) in [5.74, 6) is 0.972. The van der Waals surface area contributed by atoms with Crippen LogP contribution in [0.1, 0.15) is 23.1 Å². The highest BCUT2D eigenvalue weighted by atomic mass is 79.9. The summed E-state index contributed by atoms with van der Waals surface area (Å²) in [5, 5.41) is 0.974. The van der Waals surface area contributed by atoms with E-state index in [1.165, 1.54) is 22.3 Å². The summed E-state index contributed by atoms with van der Waals surface area (Å²) in [4.78, 5) is 0. The average Bonchev–Trinajstić information content (AvgIpc) is 2.62. The molecule has 1 nitrogen and oxygen atoms in total. The van der Waals surface area contributed by atoms with Gasteiger partial charge in [0.1, 0.15) is 12.4 Å². The largest absolute Gasteiger partial charge is 0.488 e. The third-order valence-corrected chi connectivity index (χ3v) is 3.78. The van der Waals surface area contributed by atoms with Gasteiger partial charge in [0.25, 0.3) is 0 Å². The van der Waals surface area contributed by atoms with E-state index in [0.29, 0.717) is 6.61 Å². The normalized spacial score (nSPS) is 15.3. The van der Waals surface area contributed by atoms with Crippen LogP contribution >= 0.6 is 15.9 Å². The molecule has 2 aromatic rings. The monoisotopic (exact) mass is 314 g/mol. The summed E-state index contributed by atoms with van der Waals surface area (Å²) in [6.07, 6.45) is 3.30. The lowest BCUT2D eigenvalue weighted by molar-refractivity contribution is 0.307. The van der Waals surface area contributed by atoms with E-state index in [-0.39, 0.29) is 0 Å². The second kappa shape index (κ2) is 5.62. The standard InChI is InChI=1S/C17H15BrO/c18-11-5-9-15-14-7-2-1-6-13(14)12-19-17-10-4-3-8-16(15)17/h1-4,6-10H,5,11-12H2/b15-9-. The maximum absolute atomic E-state index is 5.93. The lowest BCUT2D eigenvalue weighted by Crippen LogP contribution is -1.94. The molecule has 0 atom stereocenters. The molecule has 0 aromatic heterocycles. The van der Waals surface area contributed by atoms with Gasteiger partial charge in [-0.15, -0.1) is 0 Å². The molecule has 0 aliphatic carbocycles. The Hall–Kier alpha value is -1.54. The zero-order valence-electron chi connectivity index (χ0n) is 10.6. The Morgan fingerprint density at radius 1 is 1.00 bits per heavy atom. The Kier molecular flexibility index (Phi) is 3.69. The molecule has 0 N–H and O–H groups in total. The maximum Gasteiger partial charge on any atom is 0.127 e. The lowest BCUT2D eigenvalue weighted by atomic mass is 9.94. The summed E-state index contributed by atoms with van der Waals surface area (Å²) in [6, 6.07) is 16.8. The van der Waals surface area contributed by atoms with Gasteiger partial charge in [-0.2, -0.15) is 0 Å². The van der Waals surface area contributed by atoms with Crippen LogP contribution in [0.15, 0.2) is 54.6 Å². The summed E-state index contributed by atoms with van der Waals surface area (Å²) < 4.78 is 5.93. The van der Waals surface area contributed by atoms with Crippen LogP contribution in [0.25, 0.3) is 5.57 Å². The highest BCUT2D eigenvalue weighted by Gasteiger charge is 2.17. The van der Waals surface area contributed by atoms with Crippen molar-refractivity contribution in [2.45, 2.75) is 13.0 Å². The molecule has 0 saturated heterocycles. The minimum Gasteiger partial charge on any atom is -0.488 e. The van der Waals surface area contributed by atoms with Gasteiger partial charge in [0.2, 0.25) is 0 Å².